The van der Waals surface area contributed by atoms with Crippen LogP contribution in [0.15, 0.2) is 48.8 Å². The zero-order valence-electron chi connectivity index (χ0n) is 16.6. The van der Waals surface area contributed by atoms with Gasteiger partial charge >= 0.3 is 12.1 Å². The molecule has 0 aliphatic carbocycles. The number of amides is 1. The van der Waals surface area contributed by atoms with Gasteiger partial charge < -0.3 is 14.7 Å². The highest BCUT2D eigenvalue weighted by molar-refractivity contribution is 8.01. The number of carbonyl (C=O) groups excluding carboxylic acids is 1. The van der Waals surface area contributed by atoms with Crippen LogP contribution in [-0.4, -0.2) is 62.7 Å². The van der Waals surface area contributed by atoms with Crippen molar-refractivity contribution in [3.05, 3.63) is 59.9 Å². The third-order valence-electron chi connectivity index (χ3n) is 4.84. The Bertz CT molecular complexity index is 1020. The number of benzene rings is 1. The fourth-order valence-corrected chi connectivity index (χ4v) is 4.93. The summed E-state index contributed by atoms with van der Waals surface area (Å²) in [5.41, 5.74) is 1.10. The van der Waals surface area contributed by atoms with Crippen molar-refractivity contribution in [3.63, 3.8) is 0 Å². The number of hydrogen-bond donors (Lipinski definition) is 1. The summed E-state index contributed by atoms with van der Waals surface area (Å²) >= 11 is 1.89. The summed E-state index contributed by atoms with van der Waals surface area (Å²) in [4.78, 5) is 27.4. The van der Waals surface area contributed by atoms with Crippen LogP contribution < -0.4 is 4.74 Å². The minimum atomic E-state index is -5.08. The van der Waals surface area contributed by atoms with Crippen LogP contribution in [0.2, 0.25) is 0 Å². The second-order valence-electron chi connectivity index (χ2n) is 7.28. The largest absolute Gasteiger partial charge is 0.490 e. The number of carboxylic acid groups (broad SMARTS) is 1. The van der Waals surface area contributed by atoms with Crippen LogP contribution in [0.1, 0.15) is 22.3 Å². The van der Waals surface area contributed by atoms with E-state index in [0.717, 1.165) is 31.0 Å². The fourth-order valence-electron chi connectivity index (χ4n) is 3.41. The highest BCUT2D eigenvalue weighted by Crippen LogP contribution is 2.46. The molecule has 7 nitrogen and oxygen atoms in total. The second-order valence-corrected chi connectivity index (χ2v) is 8.77. The number of likely N-dealkylation sites (tertiary alicyclic amines) is 1. The first-order valence-corrected chi connectivity index (χ1v) is 10.4. The minimum Gasteiger partial charge on any atom is -0.488 e. The third kappa shape index (κ3) is 5.70. The molecule has 2 aliphatic heterocycles. The molecule has 2 saturated heterocycles. The molecule has 2 aliphatic rings. The smallest absolute Gasteiger partial charge is 0.488 e. The van der Waals surface area contributed by atoms with E-state index in [9.17, 15) is 18.0 Å². The van der Waals surface area contributed by atoms with Crippen molar-refractivity contribution in [1.82, 2.24) is 9.88 Å². The third-order valence-corrected chi connectivity index (χ3v) is 6.41. The van der Waals surface area contributed by atoms with Crippen molar-refractivity contribution < 1.29 is 32.6 Å². The van der Waals surface area contributed by atoms with E-state index in [1.54, 1.807) is 36.7 Å². The highest BCUT2D eigenvalue weighted by atomic mass is 32.2. The van der Waals surface area contributed by atoms with E-state index in [-0.39, 0.29) is 16.8 Å². The zero-order chi connectivity index (χ0) is 23.4. The van der Waals surface area contributed by atoms with Crippen molar-refractivity contribution in [3.8, 4) is 11.8 Å². The molecule has 0 radical (unpaired) electrons. The standard InChI is InChI=1S/C19H17N3O2S.C2HF3O2/c20-9-14-3-1-4-15(7-14)18(23)22-12-19(13-22)8-17(11-25-19)24-16-5-2-6-21-10-16;3-2(4,5)1(6)7/h1-7,10,17H,8,11-13H2;(H,6,7). The van der Waals surface area contributed by atoms with E-state index >= 15 is 0 Å². The van der Waals surface area contributed by atoms with Gasteiger partial charge in [0.2, 0.25) is 0 Å². The first kappa shape index (κ1) is 23.4. The summed E-state index contributed by atoms with van der Waals surface area (Å²) < 4.78 is 37.8. The van der Waals surface area contributed by atoms with Crippen molar-refractivity contribution in [2.45, 2.75) is 23.4 Å². The van der Waals surface area contributed by atoms with Crippen LogP contribution >= 0.6 is 11.8 Å². The summed E-state index contributed by atoms with van der Waals surface area (Å²) in [6, 6.07) is 12.8. The average molecular weight is 465 g/mol. The maximum absolute atomic E-state index is 12.6. The van der Waals surface area contributed by atoms with Crippen LogP contribution in [-0.2, 0) is 4.79 Å². The van der Waals surface area contributed by atoms with Gasteiger partial charge in [-0.1, -0.05) is 6.07 Å². The SMILES string of the molecule is N#Cc1cccc(C(=O)N2CC3(CC(Oc4cccnc4)CS3)C2)c1.O=C(O)C(F)(F)F. The lowest BCUT2D eigenvalue weighted by molar-refractivity contribution is -0.192. The number of ether oxygens (including phenoxy) is 1. The number of carboxylic acids is 1. The number of hydrogen-bond acceptors (Lipinski definition) is 6. The molecule has 1 spiro atoms. The minimum absolute atomic E-state index is 0.0000438. The number of thioether (sulfide) groups is 1. The maximum Gasteiger partial charge on any atom is 0.490 e. The molecule has 1 atom stereocenters. The van der Waals surface area contributed by atoms with Crippen molar-refractivity contribution in [2.24, 2.45) is 0 Å². The molecule has 0 saturated carbocycles. The monoisotopic (exact) mass is 465 g/mol. The van der Waals surface area contributed by atoms with Gasteiger partial charge in [-0.25, -0.2) is 4.79 Å². The first-order valence-electron chi connectivity index (χ1n) is 9.42. The van der Waals surface area contributed by atoms with E-state index in [4.69, 9.17) is 19.9 Å². The summed E-state index contributed by atoms with van der Waals surface area (Å²) in [5, 5.41) is 16.1. The van der Waals surface area contributed by atoms with Crippen LogP contribution in [0.25, 0.3) is 0 Å². The normalized spacial score (nSPS) is 18.7. The van der Waals surface area contributed by atoms with Crippen LogP contribution in [0.3, 0.4) is 0 Å². The number of nitriles is 1. The summed E-state index contributed by atoms with van der Waals surface area (Å²) in [7, 11) is 0. The van der Waals surface area contributed by atoms with Gasteiger partial charge in [-0.3, -0.25) is 9.78 Å². The Morgan fingerprint density at radius 2 is 2.00 bits per heavy atom. The number of rotatable bonds is 3. The number of aliphatic carboxylic acids is 1. The summed E-state index contributed by atoms with van der Waals surface area (Å²) in [6.07, 6.45) is -0.523. The topological polar surface area (TPSA) is 104 Å². The molecule has 168 valence electrons. The summed E-state index contributed by atoms with van der Waals surface area (Å²) in [5.74, 6) is -1.03. The van der Waals surface area contributed by atoms with Gasteiger partial charge in [-0.2, -0.15) is 18.4 Å². The zero-order valence-corrected chi connectivity index (χ0v) is 17.4. The molecule has 1 N–H and O–H groups in total. The van der Waals surface area contributed by atoms with Gasteiger partial charge in [0.05, 0.1) is 22.6 Å². The Hall–Kier alpha value is -3.26. The summed E-state index contributed by atoms with van der Waals surface area (Å²) in [6.45, 7) is 1.47. The molecule has 1 amide bonds. The molecule has 11 heteroatoms. The van der Waals surface area contributed by atoms with E-state index in [2.05, 4.69) is 11.1 Å². The fraction of sp³-hybridized carbons (Fsp3) is 0.333. The van der Waals surface area contributed by atoms with Gasteiger partial charge in [0, 0.05) is 37.0 Å². The number of carbonyl (C=O) groups is 2. The Labute approximate surface area is 185 Å². The molecule has 32 heavy (non-hydrogen) atoms. The molecule has 2 aromatic rings. The van der Waals surface area contributed by atoms with Gasteiger partial charge in [0.25, 0.3) is 5.91 Å². The second kappa shape index (κ2) is 9.48. The average Bonchev–Trinajstić information content (AvgIpc) is 3.17. The van der Waals surface area contributed by atoms with Crippen molar-refractivity contribution in [2.75, 3.05) is 18.8 Å². The molecule has 2 fully saturated rings. The molecule has 1 unspecified atom stereocenters. The maximum atomic E-state index is 12.6. The lowest BCUT2D eigenvalue weighted by Gasteiger charge is -2.47. The number of nitrogens with zero attached hydrogens (tertiary/aromatic N) is 3. The number of halogens is 3. The molecule has 1 aromatic heterocycles. The molecule has 1 aromatic carbocycles. The molecular formula is C21H18F3N3O4S. The predicted molar refractivity (Wildman–Crippen MR) is 109 cm³/mol. The molecule has 4 rings (SSSR count). The van der Waals surface area contributed by atoms with E-state index in [1.807, 2.05) is 28.8 Å². The Kier molecular flexibility index (Phi) is 6.93. The number of pyridine rings is 1. The molecular weight excluding hydrogens is 447 g/mol. The highest BCUT2D eigenvalue weighted by Gasteiger charge is 2.51. The quantitative estimate of drug-likeness (QED) is 0.741. The lowest BCUT2D eigenvalue weighted by atomic mass is 9.92. The van der Waals surface area contributed by atoms with E-state index in [1.165, 1.54) is 0 Å². The predicted octanol–water partition coefficient (Wildman–Crippen LogP) is 3.37. The molecule has 3 heterocycles. The number of alkyl halides is 3. The van der Waals surface area contributed by atoms with Gasteiger partial charge in [0.1, 0.15) is 11.9 Å². The van der Waals surface area contributed by atoms with Crippen LogP contribution in [0, 0.1) is 11.3 Å². The van der Waals surface area contributed by atoms with Crippen molar-refractivity contribution in [1.29, 1.82) is 5.26 Å². The van der Waals surface area contributed by atoms with E-state index < -0.39 is 12.1 Å². The lowest BCUT2D eigenvalue weighted by Crippen LogP contribution is -2.60. The van der Waals surface area contributed by atoms with Gasteiger partial charge in [-0.15, -0.1) is 11.8 Å². The van der Waals surface area contributed by atoms with Crippen LogP contribution in [0.4, 0.5) is 13.2 Å². The molecule has 0 bridgehead atoms. The van der Waals surface area contributed by atoms with Crippen molar-refractivity contribution >= 4 is 23.6 Å². The Morgan fingerprint density at radius 3 is 2.59 bits per heavy atom. The first-order chi connectivity index (χ1) is 15.1. The number of aromatic nitrogens is 1. The Balaban J connectivity index is 0.000000360. The van der Waals surface area contributed by atoms with Gasteiger partial charge in [-0.05, 0) is 30.3 Å². The van der Waals surface area contributed by atoms with E-state index in [0.29, 0.717) is 11.1 Å². The van der Waals surface area contributed by atoms with Crippen LogP contribution in [0.5, 0.6) is 5.75 Å². The van der Waals surface area contributed by atoms with Gasteiger partial charge in [0.15, 0.2) is 0 Å². The Morgan fingerprint density at radius 1 is 1.28 bits per heavy atom.